The Bertz CT molecular complexity index is 324. The Morgan fingerprint density at radius 2 is 1.94 bits per heavy atom. The molecule has 0 radical (unpaired) electrons. The number of hydrogen-bond donors (Lipinski definition) is 0. The van der Waals surface area contributed by atoms with Crippen LogP contribution < -0.4 is 0 Å². The Labute approximate surface area is 100 Å². The van der Waals surface area contributed by atoms with E-state index in [1.165, 1.54) is 14.0 Å². The third-order valence-corrected chi connectivity index (χ3v) is 1.57. The molecular formula is C10H17N3O4. The van der Waals surface area contributed by atoms with Crippen LogP contribution >= 0.6 is 0 Å². The predicted molar refractivity (Wildman–Crippen MR) is 60.5 cm³/mol. The van der Waals surface area contributed by atoms with Crippen LogP contribution in [0.5, 0.6) is 0 Å². The Morgan fingerprint density at radius 1 is 1.29 bits per heavy atom. The molecule has 17 heavy (non-hydrogen) atoms. The summed E-state index contributed by atoms with van der Waals surface area (Å²) >= 11 is 0. The van der Waals surface area contributed by atoms with E-state index in [1.807, 2.05) is 19.0 Å². The van der Waals surface area contributed by atoms with E-state index in [0.29, 0.717) is 13.2 Å². The maximum Gasteiger partial charge on any atom is 0.452 e. The Morgan fingerprint density at radius 3 is 2.47 bits per heavy atom. The van der Waals surface area contributed by atoms with Crippen molar-refractivity contribution in [3.05, 3.63) is 11.8 Å². The van der Waals surface area contributed by atoms with E-state index in [0.717, 1.165) is 6.08 Å². The van der Waals surface area contributed by atoms with Gasteiger partial charge in [-0.3, -0.25) is 0 Å². The zero-order valence-electron chi connectivity index (χ0n) is 10.5. The summed E-state index contributed by atoms with van der Waals surface area (Å²) < 4.78 is 9.13. The summed E-state index contributed by atoms with van der Waals surface area (Å²) in [6.45, 7) is 2.46. The van der Waals surface area contributed by atoms with Gasteiger partial charge in [-0.25, -0.2) is 9.59 Å². The number of azo groups is 1. The van der Waals surface area contributed by atoms with E-state index >= 15 is 0 Å². The van der Waals surface area contributed by atoms with Crippen LogP contribution in [-0.4, -0.2) is 51.3 Å². The van der Waals surface area contributed by atoms with Gasteiger partial charge in [0.1, 0.15) is 6.61 Å². The zero-order valence-corrected chi connectivity index (χ0v) is 10.5. The topological polar surface area (TPSA) is 80.6 Å². The van der Waals surface area contributed by atoms with Crippen molar-refractivity contribution in [2.45, 2.75) is 6.92 Å². The van der Waals surface area contributed by atoms with Gasteiger partial charge in [0, 0.05) is 12.6 Å². The fraction of sp³-hybridized carbons (Fsp3) is 0.600. The van der Waals surface area contributed by atoms with Crippen LogP contribution in [0.15, 0.2) is 22.0 Å². The first kappa shape index (κ1) is 15.2. The standard InChI is InChI=1S/C10H17N3O4/c1-8(11-12-10(15)16-4)7-9(14)17-6-5-13(2)3/h7H,5-6H2,1-4H3/b8-7-,12-11?. The van der Waals surface area contributed by atoms with Crippen molar-refractivity contribution in [3.63, 3.8) is 0 Å². The lowest BCUT2D eigenvalue weighted by Gasteiger charge is -2.08. The molecule has 0 saturated carbocycles. The molecular weight excluding hydrogens is 226 g/mol. The number of rotatable bonds is 5. The molecule has 0 aliphatic heterocycles. The van der Waals surface area contributed by atoms with Gasteiger partial charge in [-0.15, -0.1) is 5.11 Å². The van der Waals surface area contributed by atoms with Gasteiger partial charge in [-0.2, -0.15) is 0 Å². The first-order valence-electron chi connectivity index (χ1n) is 4.95. The molecule has 0 aromatic carbocycles. The minimum Gasteiger partial charge on any atom is -0.461 e. The van der Waals surface area contributed by atoms with Crippen LogP contribution in [0.2, 0.25) is 0 Å². The molecule has 96 valence electrons. The summed E-state index contributed by atoms with van der Waals surface area (Å²) in [5.74, 6) is -0.520. The fourth-order valence-corrected chi connectivity index (χ4v) is 0.730. The number of esters is 1. The first-order chi connectivity index (χ1) is 7.95. The van der Waals surface area contributed by atoms with Crippen molar-refractivity contribution in [1.29, 1.82) is 0 Å². The molecule has 0 unspecified atom stereocenters. The largest absolute Gasteiger partial charge is 0.461 e. The Balaban J connectivity index is 4.06. The number of amides is 1. The summed E-state index contributed by atoms with van der Waals surface area (Å²) in [6, 6.07) is 0. The molecule has 0 heterocycles. The summed E-state index contributed by atoms with van der Waals surface area (Å²) in [7, 11) is 4.94. The maximum atomic E-state index is 11.2. The number of carbonyl (C=O) groups excluding carboxylic acids is 2. The zero-order chi connectivity index (χ0) is 13.3. The Hall–Kier alpha value is -1.76. The lowest BCUT2D eigenvalue weighted by atomic mass is 10.4. The number of carbonyl (C=O) groups is 2. The van der Waals surface area contributed by atoms with E-state index in [9.17, 15) is 9.59 Å². The van der Waals surface area contributed by atoms with Gasteiger partial charge < -0.3 is 14.4 Å². The number of methoxy groups -OCH3 is 1. The highest BCUT2D eigenvalue weighted by Gasteiger charge is 2.00. The quantitative estimate of drug-likeness (QED) is 0.412. The average Bonchev–Trinajstić information content (AvgIpc) is 2.25. The van der Waals surface area contributed by atoms with Crippen LogP contribution in [0.4, 0.5) is 4.79 Å². The van der Waals surface area contributed by atoms with E-state index in [-0.39, 0.29) is 5.70 Å². The summed E-state index contributed by atoms with van der Waals surface area (Å²) in [5, 5.41) is 6.66. The lowest BCUT2D eigenvalue weighted by Crippen LogP contribution is -2.19. The van der Waals surface area contributed by atoms with Crippen LogP contribution in [0.3, 0.4) is 0 Å². The smallest absolute Gasteiger partial charge is 0.452 e. The van der Waals surface area contributed by atoms with Crippen LogP contribution in [0.25, 0.3) is 0 Å². The van der Waals surface area contributed by atoms with Crippen LogP contribution in [-0.2, 0) is 14.3 Å². The normalized spacial score (nSPS) is 11.9. The summed E-state index contributed by atoms with van der Waals surface area (Å²) in [5.41, 5.74) is 0.269. The SMILES string of the molecule is COC(=O)N=N/C(C)=C\C(=O)OCCN(C)C. The average molecular weight is 243 g/mol. The highest BCUT2D eigenvalue weighted by molar-refractivity contribution is 5.82. The van der Waals surface area contributed by atoms with E-state index in [1.54, 1.807) is 0 Å². The van der Waals surface area contributed by atoms with Gasteiger partial charge >= 0.3 is 12.1 Å². The Kier molecular flexibility index (Phi) is 7.53. The number of likely N-dealkylation sites (N-methyl/N-ethyl adjacent to an activating group) is 1. The molecule has 0 aliphatic carbocycles. The molecule has 0 N–H and O–H groups in total. The van der Waals surface area contributed by atoms with Crippen molar-refractivity contribution < 1.29 is 19.1 Å². The van der Waals surface area contributed by atoms with Gasteiger partial charge in [0.2, 0.25) is 0 Å². The predicted octanol–water partition coefficient (Wildman–Crippen LogP) is 1.21. The number of nitrogens with zero attached hydrogens (tertiary/aromatic N) is 3. The van der Waals surface area contributed by atoms with Gasteiger partial charge in [0.25, 0.3) is 0 Å². The second kappa shape index (κ2) is 8.40. The fourth-order valence-electron chi connectivity index (χ4n) is 0.730. The summed E-state index contributed by atoms with van der Waals surface area (Å²) in [6.07, 6.45) is 0.334. The second-order valence-corrected chi connectivity index (χ2v) is 3.43. The maximum absolute atomic E-state index is 11.2. The monoisotopic (exact) mass is 243 g/mol. The molecule has 0 fully saturated rings. The number of allylic oxidation sites excluding steroid dienone is 1. The molecule has 1 amide bonds. The lowest BCUT2D eigenvalue weighted by molar-refractivity contribution is -0.138. The van der Waals surface area contributed by atoms with Crippen LogP contribution in [0, 0.1) is 0 Å². The molecule has 0 bridgehead atoms. The van der Waals surface area contributed by atoms with Gasteiger partial charge in [0.15, 0.2) is 0 Å². The van der Waals surface area contributed by atoms with Crippen molar-refractivity contribution in [1.82, 2.24) is 4.90 Å². The molecule has 0 atom stereocenters. The number of hydrogen-bond acceptors (Lipinski definition) is 6. The van der Waals surface area contributed by atoms with Gasteiger partial charge in [-0.05, 0) is 21.0 Å². The van der Waals surface area contributed by atoms with Crippen molar-refractivity contribution in [2.75, 3.05) is 34.4 Å². The van der Waals surface area contributed by atoms with E-state index in [2.05, 4.69) is 15.0 Å². The highest BCUT2D eigenvalue weighted by atomic mass is 16.5. The van der Waals surface area contributed by atoms with Crippen molar-refractivity contribution in [3.8, 4) is 0 Å². The molecule has 0 aromatic heterocycles. The van der Waals surface area contributed by atoms with Crippen LogP contribution in [0.1, 0.15) is 6.92 Å². The van der Waals surface area contributed by atoms with E-state index in [4.69, 9.17) is 4.74 Å². The molecule has 0 aromatic rings. The van der Waals surface area contributed by atoms with Gasteiger partial charge in [0.05, 0.1) is 12.8 Å². The van der Waals surface area contributed by atoms with E-state index < -0.39 is 12.1 Å². The molecule has 7 nitrogen and oxygen atoms in total. The van der Waals surface area contributed by atoms with Crippen molar-refractivity contribution >= 4 is 12.1 Å². The minimum atomic E-state index is -0.821. The third-order valence-electron chi connectivity index (χ3n) is 1.57. The second-order valence-electron chi connectivity index (χ2n) is 3.43. The molecule has 7 heteroatoms. The van der Waals surface area contributed by atoms with Crippen molar-refractivity contribution in [2.24, 2.45) is 10.2 Å². The number of ether oxygens (including phenoxy) is 2. The minimum absolute atomic E-state index is 0.269. The molecule has 0 aliphatic rings. The third kappa shape index (κ3) is 9.19. The molecule has 0 rings (SSSR count). The highest BCUT2D eigenvalue weighted by Crippen LogP contribution is 1.98. The molecule has 0 saturated heterocycles. The molecule has 0 spiro atoms. The van der Waals surface area contributed by atoms with Gasteiger partial charge in [-0.1, -0.05) is 5.11 Å². The first-order valence-corrected chi connectivity index (χ1v) is 4.95. The summed E-state index contributed by atoms with van der Waals surface area (Å²) in [4.78, 5) is 23.7.